The fraction of sp³-hybridized carbons (Fsp3) is 0.364. The molecule has 1 aromatic heterocycles. The highest BCUT2D eigenvalue weighted by atomic mass is 19.4. The summed E-state index contributed by atoms with van der Waals surface area (Å²) in [5.41, 5.74) is 1.18. The standard InChI is InChI=1S/C22H22F3N3O/c1-3-28(18-8-7-16(13-26)20(12-18)22(23,24)25)17-6-4-5-15(11-17)19-14-27-10-9-21(19)29-2/h7-12,14,17H,3-6H2,1-2H3. The van der Waals surface area contributed by atoms with Crippen molar-refractivity contribution in [1.29, 1.82) is 5.26 Å². The highest BCUT2D eigenvalue weighted by molar-refractivity contribution is 5.72. The summed E-state index contributed by atoms with van der Waals surface area (Å²) in [5, 5.41) is 9.04. The summed E-state index contributed by atoms with van der Waals surface area (Å²) in [6, 6.07) is 7.30. The maximum absolute atomic E-state index is 13.4. The SMILES string of the molecule is CCN(c1ccc(C#N)c(C(F)(F)F)c1)C1C=C(c2cnccc2OC)CCC1. The molecule has 7 heteroatoms. The highest BCUT2D eigenvalue weighted by Crippen LogP contribution is 2.37. The van der Waals surface area contributed by atoms with E-state index >= 15 is 0 Å². The van der Waals surface area contributed by atoms with Crippen LogP contribution in [0.25, 0.3) is 5.57 Å². The summed E-state index contributed by atoms with van der Waals surface area (Å²) in [6.07, 6.45) is 3.55. The van der Waals surface area contributed by atoms with Gasteiger partial charge in [0, 0.05) is 36.2 Å². The van der Waals surface area contributed by atoms with E-state index in [0.29, 0.717) is 12.2 Å². The summed E-state index contributed by atoms with van der Waals surface area (Å²) in [5.74, 6) is 0.729. The number of hydrogen-bond acceptors (Lipinski definition) is 4. The van der Waals surface area contributed by atoms with Crippen LogP contribution in [0.4, 0.5) is 18.9 Å². The number of halogens is 3. The molecule has 0 spiro atoms. The van der Waals surface area contributed by atoms with Crippen LogP contribution in [0, 0.1) is 11.3 Å². The van der Waals surface area contributed by atoms with E-state index < -0.39 is 11.7 Å². The largest absolute Gasteiger partial charge is 0.496 e. The third-order valence-corrected chi connectivity index (χ3v) is 5.19. The van der Waals surface area contributed by atoms with E-state index in [0.717, 1.165) is 42.2 Å². The van der Waals surface area contributed by atoms with Crippen LogP contribution in [0.5, 0.6) is 5.75 Å². The number of alkyl halides is 3. The monoisotopic (exact) mass is 401 g/mol. The van der Waals surface area contributed by atoms with Gasteiger partial charge in [-0.1, -0.05) is 6.08 Å². The van der Waals surface area contributed by atoms with Crippen LogP contribution >= 0.6 is 0 Å². The topological polar surface area (TPSA) is 49.2 Å². The van der Waals surface area contributed by atoms with Gasteiger partial charge in [-0.25, -0.2) is 0 Å². The third-order valence-electron chi connectivity index (χ3n) is 5.19. The van der Waals surface area contributed by atoms with Crippen molar-refractivity contribution in [2.24, 2.45) is 0 Å². The predicted molar refractivity (Wildman–Crippen MR) is 106 cm³/mol. The van der Waals surface area contributed by atoms with Crippen molar-refractivity contribution in [3.05, 3.63) is 59.4 Å². The Bertz CT molecular complexity index is 947. The molecular formula is C22H22F3N3O. The van der Waals surface area contributed by atoms with Gasteiger partial charge in [0.25, 0.3) is 0 Å². The molecule has 152 valence electrons. The van der Waals surface area contributed by atoms with Crippen molar-refractivity contribution in [3.8, 4) is 11.8 Å². The van der Waals surface area contributed by atoms with Crippen molar-refractivity contribution in [2.75, 3.05) is 18.6 Å². The van der Waals surface area contributed by atoms with Crippen LogP contribution in [0.2, 0.25) is 0 Å². The van der Waals surface area contributed by atoms with E-state index in [9.17, 15) is 13.2 Å². The molecule has 0 amide bonds. The summed E-state index contributed by atoms with van der Waals surface area (Å²) >= 11 is 0. The molecular weight excluding hydrogens is 379 g/mol. The zero-order chi connectivity index (χ0) is 21.0. The lowest BCUT2D eigenvalue weighted by Gasteiger charge is -2.34. The smallest absolute Gasteiger partial charge is 0.417 e. The Hall–Kier alpha value is -3.01. The van der Waals surface area contributed by atoms with Gasteiger partial charge < -0.3 is 9.64 Å². The number of ether oxygens (including phenoxy) is 1. The summed E-state index contributed by atoms with van der Waals surface area (Å²) in [6.45, 7) is 2.46. The number of hydrogen-bond donors (Lipinski definition) is 0. The molecule has 0 bridgehead atoms. The molecule has 1 aromatic carbocycles. The second-order valence-corrected chi connectivity index (χ2v) is 6.85. The lowest BCUT2D eigenvalue weighted by molar-refractivity contribution is -0.137. The van der Waals surface area contributed by atoms with Crippen molar-refractivity contribution in [3.63, 3.8) is 0 Å². The Morgan fingerprint density at radius 3 is 2.76 bits per heavy atom. The quantitative estimate of drug-likeness (QED) is 0.669. The van der Waals surface area contributed by atoms with Crippen molar-refractivity contribution in [1.82, 2.24) is 4.98 Å². The van der Waals surface area contributed by atoms with E-state index in [4.69, 9.17) is 10.00 Å². The van der Waals surface area contributed by atoms with E-state index in [1.807, 2.05) is 11.8 Å². The maximum atomic E-state index is 13.4. The highest BCUT2D eigenvalue weighted by Gasteiger charge is 2.34. The molecule has 0 radical (unpaired) electrons. The number of nitrogens with zero attached hydrogens (tertiary/aromatic N) is 3. The van der Waals surface area contributed by atoms with Gasteiger partial charge in [-0.15, -0.1) is 0 Å². The zero-order valence-corrected chi connectivity index (χ0v) is 16.3. The van der Waals surface area contributed by atoms with Gasteiger partial charge in [0.2, 0.25) is 0 Å². The molecule has 1 heterocycles. The summed E-state index contributed by atoms with van der Waals surface area (Å²) in [7, 11) is 1.60. The number of nitriles is 1. The van der Waals surface area contributed by atoms with Crippen molar-refractivity contribution < 1.29 is 17.9 Å². The fourth-order valence-corrected chi connectivity index (χ4v) is 3.82. The maximum Gasteiger partial charge on any atom is 0.417 e. The Morgan fingerprint density at radius 2 is 2.10 bits per heavy atom. The van der Waals surface area contributed by atoms with E-state index in [-0.39, 0.29) is 11.6 Å². The third kappa shape index (κ3) is 4.37. The zero-order valence-electron chi connectivity index (χ0n) is 16.3. The van der Waals surface area contributed by atoms with E-state index in [1.165, 1.54) is 6.07 Å². The van der Waals surface area contributed by atoms with Crippen molar-refractivity contribution >= 4 is 11.3 Å². The normalized spacial score (nSPS) is 16.7. The first-order valence-electron chi connectivity index (χ1n) is 9.46. The number of allylic oxidation sites excluding steroid dienone is 1. The first kappa shape index (κ1) is 20.7. The molecule has 1 aliphatic carbocycles. The minimum absolute atomic E-state index is 0.0531. The Kier molecular flexibility index (Phi) is 6.12. The van der Waals surface area contributed by atoms with Gasteiger partial charge in [-0.3, -0.25) is 4.98 Å². The molecule has 29 heavy (non-hydrogen) atoms. The van der Waals surface area contributed by atoms with Gasteiger partial charge in [-0.05, 0) is 56.0 Å². The lowest BCUT2D eigenvalue weighted by atomic mass is 9.90. The van der Waals surface area contributed by atoms with Crippen LogP contribution in [0.15, 0.2) is 42.7 Å². The van der Waals surface area contributed by atoms with E-state index in [1.54, 1.807) is 37.7 Å². The Labute approximate surface area is 168 Å². The lowest BCUT2D eigenvalue weighted by Crippen LogP contribution is -2.35. The Morgan fingerprint density at radius 1 is 1.31 bits per heavy atom. The summed E-state index contributed by atoms with van der Waals surface area (Å²) in [4.78, 5) is 6.13. The second-order valence-electron chi connectivity index (χ2n) is 6.85. The van der Waals surface area contributed by atoms with E-state index in [2.05, 4.69) is 11.1 Å². The van der Waals surface area contributed by atoms with Crippen LogP contribution in [0.1, 0.15) is 42.9 Å². The second kappa shape index (κ2) is 8.56. The van der Waals surface area contributed by atoms with Crippen LogP contribution in [0.3, 0.4) is 0 Å². The molecule has 0 N–H and O–H groups in total. The molecule has 1 atom stereocenters. The molecule has 0 saturated carbocycles. The molecule has 1 aliphatic rings. The average molecular weight is 401 g/mol. The molecule has 1 unspecified atom stereocenters. The average Bonchev–Trinajstić information content (AvgIpc) is 2.73. The first-order valence-corrected chi connectivity index (χ1v) is 9.46. The number of likely N-dealkylation sites (N-methyl/N-ethyl adjacent to an activating group) is 1. The van der Waals surface area contributed by atoms with Crippen LogP contribution in [-0.2, 0) is 6.18 Å². The number of benzene rings is 1. The van der Waals surface area contributed by atoms with Gasteiger partial charge in [0.15, 0.2) is 0 Å². The number of pyridine rings is 1. The van der Waals surface area contributed by atoms with Crippen LogP contribution < -0.4 is 9.64 Å². The molecule has 0 saturated heterocycles. The fourth-order valence-electron chi connectivity index (χ4n) is 3.82. The minimum Gasteiger partial charge on any atom is -0.496 e. The number of methoxy groups -OCH3 is 1. The predicted octanol–water partition coefficient (Wildman–Crippen LogP) is 5.44. The van der Waals surface area contributed by atoms with Crippen molar-refractivity contribution in [2.45, 2.75) is 38.4 Å². The number of aromatic nitrogens is 1. The number of anilines is 1. The molecule has 0 fully saturated rings. The van der Waals surface area contributed by atoms with Gasteiger partial charge in [0.1, 0.15) is 5.75 Å². The Balaban J connectivity index is 1.99. The van der Waals surface area contributed by atoms with Gasteiger partial charge >= 0.3 is 6.18 Å². The molecule has 2 aromatic rings. The van der Waals surface area contributed by atoms with Gasteiger partial charge in [-0.2, -0.15) is 18.4 Å². The summed E-state index contributed by atoms with van der Waals surface area (Å²) < 4.78 is 45.6. The van der Waals surface area contributed by atoms with Gasteiger partial charge in [0.05, 0.1) is 24.3 Å². The number of rotatable bonds is 5. The first-order chi connectivity index (χ1) is 13.9. The molecule has 4 nitrogen and oxygen atoms in total. The molecule has 0 aliphatic heterocycles. The minimum atomic E-state index is -4.57. The molecule has 3 rings (SSSR count). The van der Waals surface area contributed by atoms with Crippen LogP contribution in [-0.4, -0.2) is 24.7 Å².